The van der Waals surface area contributed by atoms with Crippen LogP contribution in [0.15, 0.2) is 41.2 Å². The van der Waals surface area contributed by atoms with Crippen LogP contribution in [0.2, 0.25) is 0 Å². The molecule has 1 aromatic carbocycles. The summed E-state index contributed by atoms with van der Waals surface area (Å²) in [5.41, 5.74) is 1.22. The number of aliphatic imine (C=N–C) groups is 1. The minimum absolute atomic E-state index is 0.0225. The van der Waals surface area contributed by atoms with Gasteiger partial charge in [-0.15, -0.1) is 0 Å². The second kappa shape index (κ2) is 11.2. The fourth-order valence-corrected chi connectivity index (χ4v) is 4.23. The Morgan fingerprint density at radius 2 is 1.88 bits per heavy atom. The molecule has 0 aromatic heterocycles. The molecule has 0 bridgehead atoms. The second-order valence-electron chi connectivity index (χ2n) is 8.39. The van der Waals surface area contributed by atoms with Crippen LogP contribution in [0.25, 0.3) is 0 Å². The Hall–Kier alpha value is -2.71. The fourth-order valence-electron chi connectivity index (χ4n) is 4.23. The van der Waals surface area contributed by atoms with E-state index >= 15 is 0 Å². The van der Waals surface area contributed by atoms with Gasteiger partial charge in [0.05, 0.1) is 25.3 Å². The molecule has 0 atom stereocenters. The second-order valence-corrected chi connectivity index (χ2v) is 8.39. The number of ether oxygens (including phenoxy) is 2. The van der Waals surface area contributed by atoms with Crippen LogP contribution < -0.4 is 10.1 Å². The highest BCUT2D eigenvalue weighted by molar-refractivity contribution is 6.16. The highest BCUT2D eigenvalue weighted by Gasteiger charge is 2.22. The van der Waals surface area contributed by atoms with Crippen molar-refractivity contribution in [2.45, 2.75) is 32.1 Å². The smallest absolute Gasteiger partial charge is 0.230 e. The van der Waals surface area contributed by atoms with E-state index in [0.717, 1.165) is 19.6 Å². The normalized spacial score (nSPS) is 19.9. The minimum atomic E-state index is -0.202. The zero-order valence-corrected chi connectivity index (χ0v) is 18.6. The average Bonchev–Trinajstić information content (AvgIpc) is 2.81. The van der Waals surface area contributed by atoms with Gasteiger partial charge in [0, 0.05) is 37.8 Å². The summed E-state index contributed by atoms with van der Waals surface area (Å²) in [5.74, 6) is 1.07. The van der Waals surface area contributed by atoms with Gasteiger partial charge in [0.1, 0.15) is 18.2 Å². The summed E-state index contributed by atoms with van der Waals surface area (Å²) >= 11 is 0. The first-order valence-corrected chi connectivity index (χ1v) is 11.5. The minimum Gasteiger partial charge on any atom is -0.490 e. The number of carbonyl (C=O) groups is 2. The molecule has 0 saturated carbocycles. The standard InChI is InChI=1S/C24H32N4O4/c29-20-16-19(25-23(18-20)28-11-13-31-14-12-28)17-24(30)26-21-6-2-3-7-22(21)32-15-10-27-8-4-1-5-9-27/h2-3,6-7,18H,1,4-5,8-17H2,(H,26,30). The van der Waals surface area contributed by atoms with Crippen LogP contribution in [0, 0.1) is 0 Å². The number of morpholine rings is 1. The molecule has 1 aromatic rings. The molecule has 32 heavy (non-hydrogen) atoms. The van der Waals surface area contributed by atoms with Gasteiger partial charge in [-0.25, -0.2) is 4.99 Å². The van der Waals surface area contributed by atoms with E-state index in [4.69, 9.17) is 9.47 Å². The number of rotatable bonds is 8. The highest BCUT2D eigenvalue weighted by atomic mass is 16.5. The van der Waals surface area contributed by atoms with Crippen molar-refractivity contribution in [3.8, 4) is 5.75 Å². The first kappa shape index (κ1) is 22.5. The van der Waals surface area contributed by atoms with Gasteiger partial charge in [-0.1, -0.05) is 18.6 Å². The van der Waals surface area contributed by atoms with Gasteiger partial charge in [0.15, 0.2) is 5.78 Å². The molecule has 8 heteroatoms. The van der Waals surface area contributed by atoms with E-state index in [1.165, 1.54) is 19.3 Å². The third-order valence-electron chi connectivity index (χ3n) is 5.92. The summed E-state index contributed by atoms with van der Waals surface area (Å²) in [4.78, 5) is 34.0. The van der Waals surface area contributed by atoms with Crippen molar-refractivity contribution in [3.63, 3.8) is 0 Å². The summed E-state index contributed by atoms with van der Waals surface area (Å²) in [6, 6.07) is 7.47. The third-order valence-corrected chi connectivity index (χ3v) is 5.92. The largest absolute Gasteiger partial charge is 0.490 e. The van der Waals surface area contributed by atoms with E-state index in [9.17, 15) is 9.59 Å². The lowest BCUT2D eigenvalue weighted by Gasteiger charge is -2.30. The van der Waals surface area contributed by atoms with Gasteiger partial charge in [-0.3, -0.25) is 14.5 Å². The van der Waals surface area contributed by atoms with E-state index in [-0.39, 0.29) is 24.5 Å². The maximum atomic E-state index is 12.7. The number of nitrogens with one attached hydrogen (secondary N) is 1. The Bertz CT molecular complexity index is 871. The van der Waals surface area contributed by atoms with Crippen molar-refractivity contribution in [1.82, 2.24) is 9.80 Å². The Morgan fingerprint density at radius 1 is 1.09 bits per heavy atom. The highest BCUT2D eigenvalue weighted by Crippen LogP contribution is 2.24. The maximum absolute atomic E-state index is 12.7. The molecule has 8 nitrogen and oxygen atoms in total. The summed E-state index contributed by atoms with van der Waals surface area (Å²) < 4.78 is 11.3. The maximum Gasteiger partial charge on any atom is 0.230 e. The number of likely N-dealkylation sites (tertiary alicyclic amines) is 1. The average molecular weight is 441 g/mol. The van der Waals surface area contributed by atoms with Crippen molar-refractivity contribution < 1.29 is 19.1 Å². The molecule has 3 heterocycles. The van der Waals surface area contributed by atoms with Gasteiger partial charge in [-0.05, 0) is 38.1 Å². The molecule has 0 radical (unpaired) electrons. The number of carbonyl (C=O) groups excluding carboxylic acids is 2. The number of allylic oxidation sites excluding steroid dienone is 1. The predicted octanol–water partition coefficient (Wildman–Crippen LogP) is 2.47. The number of ketones is 1. The lowest BCUT2D eigenvalue weighted by Crippen LogP contribution is -2.36. The Labute approximate surface area is 189 Å². The summed E-state index contributed by atoms with van der Waals surface area (Å²) in [7, 11) is 0. The van der Waals surface area contributed by atoms with E-state index in [1.54, 1.807) is 6.08 Å². The molecule has 2 fully saturated rings. The number of piperidine rings is 1. The summed E-state index contributed by atoms with van der Waals surface area (Å²) in [6.07, 6.45) is 5.64. The number of nitrogens with zero attached hydrogens (tertiary/aromatic N) is 3. The number of amides is 1. The fraction of sp³-hybridized carbons (Fsp3) is 0.542. The van der Waals surface area contributed by atoms with Crippen molar-refractivity contribution in [1.29, 1.82) is 0 Å². The summed E-state index contributed by atoms with van der Waals surface area (Å²) in [6.45, 7) is 6.36. The van der Waals surface area contributed by atoms with Gasteiger partial charge in [-0.2, -0.15) is 0 Å². The Balaban J connectivity index is 1.32. The molecule has 0 aliphatic carbocycles. The van der Waals surface area contributed by atoms with Crippen LogP contribution in [-0.2, 0) is 14.3 Å². The molecule has 4 rings (SSSR count). The molecule has 1 N–H and O–H groups in total. The first-order chi connectivity index (χ1) is 15.7. The van der Waals surface area contributed by atoms with E-state index < -0.39 is 0 Å². The lowest BCUT2D eigenvalue weighted by atomic mass is 10.1. The SMILES string of the molecule is O=C1C=C(N2CCOCC2)N=C(CC(=O)Nc2ccccc2OCCN2CCCCC2)C1. The number of benzene rings is 1. The molecular weight excluding hydrogens is 408 g/mol. The number of anilines is 1. The van der Waals surface area contributed by atoms with Gasteiger partial charge in [0.2, 0.25) is 5.91 Å². The van der Waals surface area contributed by atoms with Crippen LogP contribution in [0.1, 0.15) is 32.1 Å². The Morgan fingerprint density at radius 3 is 2.69 bits per heavy atom. The van der Waals surface area contributed by atoms with Crippen LogP contribution in [0.4, 0.5) is 5.69 Å². The molecule has 0 unspecified atom stereocenters. The zero-order valence-electron chi connectivity index (χ0n) is 18.6. The number of hydrogen-bond acceptors (Lipinski definition) is 7. The van der Waals surface area contributed by atoms with Crippen LogP contribution in [0.3, 0.4) is 0 Å². The molecule has 2 saturated heterocycles. The van der Waals surface area contributed by atoms with Crippen LogP contribution >= 0.6 is 0 Å². The van der Waals surface area contributed by atoms with Gasteiger partial charge >= 0.3 is 0 Å². The van der Waals surface area contributed by atoms with Crippen molar-refractivity contribution in [2.24, 2.45) is 4.99 Å². The monoisotopic (exact) mass is 440 g/mol. The number of hydrogen-bond donors (Lipinski definition) is 1. The molecule has 0 spiro atoms. The summed E-state index contributed by atoms with van der Waals surface area (Å²) in [5, 5.41) is 2.93. The molecule has 172 valence electrons. The van der Waals surface area contributed by atoms with E-state index in [0.29, 0.717) is 55.9 Å². The topological polar surface area (TPSA) is 83.5 Å². The van der Waals surface area contributed by atoms with Crippen molar-refractivity contribution in [3.05, 3.63) is 36.2 Å². The lowest BCUT2D eigenvalue weighted by molar-refractivity contribution is -0.115. The van der Waals surface area contributed by atoms with Gasteiger partial charge < -0.3 is 19.7 Å². The predicted molar refractivity (Wildman–Crippen MR) is 123 cm³/mol. The Kier molecular flexibility index (Phi) is 7.90. The quantitative estimate of drug-likeness (QED) is 0.669. The molecular formula is C24H32N4O4. The van der Waals surface area contributed by atoms with Crippen molar-refractivity contribution in [2.75, 3.05) is 57.9 Å². The molecule has 3 aliphatic rings. The molecule has 1 amide bonds. The van der Waals surface area contributed by atoms with E-state index in [1.807, 2.05) is 29.2 Å². The molecule has 3 aliphatic heterocycles. The van der Waals surface area contributed by atoms with Crippen molar-refractivity contribution >= 4 is 23.1 Å². The first-order valence-electron chi connectivity index (χ1n) is 11.5. The zero-order chi connectivity index (χ0) is 22.2. The van der Waals surface area contributed by atoms with Crippen LogP contribution in [0.5, 0.6) is 5.75 Å². The van der Waals surface area contributed by atoms with Gasteiger partial charge in [0.25, 0.3) is 0 Å². The van der Waals surface area contributed by atoms with Crippen LogP contribution in [-0.4, -0.2) is 79.7 Å². The number of para-hydroxylation sites is 2. The van der Waals surface area contributed by atoms with E-state index in [2.05, 4.69) is 15.2 Å². The third kappa shape index (κ3) is 6.40.